The lowest BCUT2D eigenvalue weighted by atomic mass is 10.1. The van der Waals surface area contributed by atoms with Crippen molar-refractivity contribution in [2.45, 2.75) is 4.90 Å². The lowest BCUT2D eigenvalue weighted by molar-refractivity contribution is -0.387. The maximum absolute atomic E-state index is 13.1. The standard InChI is InChI=1S/C17H10N2O5S/c20-17-12-7-3-5-11-6-4-9-14(16(11)12)18(17)25(23,24)15-10-2-1-8-13(15)19(21)22/h1-10H. The zero-order valence-electron chi connectivity index (χ0n) is 12.6. The second-order valence-electron chi connectivity index (χ2n) is 5.48. The topological polar surface area (TPSA) is 97.6 Å². The summed E-state index contributed by atoms with van der Waals surface area (Å²) >= 11 is 0. The maximum atomic E-state index is 13.1. The van der Waals surface area contributed by atoms with Gasteiger partial charge in [0.15, 0.2) is 4.90 Å². The molecule has 0 unspecified atom stereocenters. The van der Waals surface area contributed by atoms with Crippen LogP contribution in [-0.4, -0.2) is 19.2 Å². The van der Waals surface area contributed by atoms with E-state index in [9.17, 15) is 23.3 Å². The van der Waals surface area contributed by atoms with Crippen LogP contribution in [0.15, 0.2) is 65.6 Å². The normalized spacial score (nSPS) is 13.4. The number of anilines is 1. The van der Waals surface area contributed by atoms with E-state index in [1.807, 2.05) is 0 Å². The van der Waals surface area contributed by atoms with Crippen LogP contribution in [0.4, 0.5) is 11.4 Å². The Morgan fingerprint density at radius 3 is 2.32 bits per heavy atom. The van der Waals surface area contributed by atoms with Crippen molar-refractivity contribution in [1.29, 1.82) is 0 Å². The molecule has 0 atom stereocenters. The predicted molar refractivity (Wildman–Crippen MR) is 91.0 cm³/mol. The Balaban J connectivity index is 2.00. The average Bonchev–Trinajstić information content (AvgIpc) is 2.90. The summed E-state index contributed by atoms with van der Waals surface area (Å²) in [7, 11) is -4.44. The highest BCUT2D eigenvalue weighted by Gasteiger charge is 2.41. The molecular weight excluding hydrogens is 344 g/mol. The van der Waals surface area contributed by atoms with E-state index < -0.39 is 31.4 Å². The Bertz CT molecular complexity index is 1170. The van der Waals surface area contributed by atoms with Crippen LogP contribution in [0.25, 0.3) is 10.8 Å². The van der Waals surface area contributed by atoms with E-state index in [0.717, 1.165) is 17.5 Å². The third kappa shape index (κ3) is 2.04. The molecule has 1 amide bonds. The first-order chi connectivity index (χ1) is 11.9. The number of benzene rings is 3. The smallest absolute Gasteiger partial charge is 0.268 e. The molecule has 3 aromatic rings. The lowest BCUT2D eigenvalue weighted by Crippen LogP contribution is -2.34. The molecule has 0 saturated heterocycles. The molecule has 0 fully saturated rings. The van der Waals surface area contributed by atoms with Crippen molar-refractivity contribution in [3.8, 4) is 0 Å². The molecule has 1 heterocycles. The van der Waals surface area contributed by atoms with Crippen LogP contribution in [0.1, 0.15) is 10.4 Å². The van der Waals surface area contributed by atoms with Gasteiger partial charge in [-0.2, -0.15) is 4.31 Å². The van der Waals surface area contributed by atoms with E-state index in [1.54, 1.807) is 30.3 Å². The monoisotopic (exact) mass is 354 g/mol. The molecule has 0 saturated carbocycles. The molecule has 0 aromatic heterocycles. The summed E-state index contributed by atoms with van der Waals surface area (Å²) in [6.07, 6.45) is 0. The maximum Gasteiger partial charge on any atom is 0.289 e. The quantitative estimate of drug-likeness (QED) is 0.532. The number of para-hydroxylation sites is 1. The van der Waals surface area contributed by atoms with Gasteiger partial charge in [0.05, 0.1) is 16.2 Å². The van der Waals surface area contributed by atoms with Gasteiger partial charge in [-0.1, -0.05) is 36.4 Å². The van der Waals surface area contributed by atoms with Crippen molar-refractivity contribution in [3.63, 3.8) is 0 Å². The zero-order valence-corrected chi connectivity index (χ0v) is 13.4. The van der Waals surface area contributed by atoms with Gasteiger partial charge in [0.2, 0.25) is 0 Å². The number of hydrogen-bond donors (Lipinski definition) is 0. The van der Waals surface area contributed by atoms with Crippen LogP contribution < -0.4 is 4.31 Å². The number of amides is 1. The van der Waals surface area contributed by atoms with Crippen LogP contribution >= 0.6 is 0 Å². The van der Waals surface area contributed by atoms with E-state index in [1.165, 1.54) is 18.2 Å². The third-order valence-corrected chi connectivity index (χ3v) is 5.84. The fourth-order valence-electron chi connectivity index (χ4n) is 3.05. The minimum atomic E-state index is -4.44. The number of carbonyl (C=O) groups is 1. The van der Waals surface area contributed by atoms with Crippen molar-refractivity contribution in [1.82, 2.24) is 0 Å². The Kier molecular flexibility index (Phi) is 3.13. The number of rotatable bonds is 3. The third-order valence-electron chi connectivity index (χ3n) is 4.10. The number of sulfonamides is 1. The Morgan fingerprint density at radius 2 is 1.60 bits per heavy atom. The van der Waals surface area contributed by atoms with Gasteiger partial charge in [0.25, 0.3) is 21.6 Å². The highest BCUT2D eigenvalue weighted by molar-refractivity contribution is 7.93. The Labute approximate surface area is 142 Å². The van der Waals surface area contributed by atoms with E-state index in [-0.39, 0.29) is 11.3 Å². The minimum absolute atomic E-state index is 0.205. The minimum Gasteiger partial charge on any atom is -0.268 e. The summed E-state index contributed by atoms with van der Waals surface area (Å²) in [6.45, 7) is 0. The highest BCUT2D eigenvalue weighted by atomic mass is 32.2. The summed E-state index contributed by atoms with van der Waals surface area (Å²) in [5, 5.41) is 12.5. The van der Waals surface area contributed by atoms with E-state index in [0.29, 0.717) is 9.69 Å². The van der Waals surface area contributed by atoms with Crippen molar-refractivity contribution in [2.24, 2.45) is 0 Å². The van der Waals surface area contributed by atoms with E-state index in [2.05, 4.69) is 0 Å². The predicted octanol–water partition coefficient (Wildman–Crippen LogP) is 3.10. The lowest BCUT2D eigenvalue weighted by Gasteiger charge is -2.17. The van der Waals surface area contributed by atoms with Crippen molar-refractivity contribution < 1.29 is 18.1 Å². The largest absolute Gasteiger partial charge is 0.289 e. The van der Waals surface area contributed by atoms with Gasteiger partial charge in [-0.05, 0) is 23.6 Å². The molecule has 0 radical (unpaired) electrons. The molecule has 0 bridgehead atoms. The van der Waals surface area contributed by atoms with Gasteiger partial charge < -0.3 is 0 Å². The summed E-state index contributed by atoms with van der Waals surface area (Å²) in [5.41, 5.74) is -0.107. The molecule has 0 aliphatic carbocycles. The number of carbonyl (C=O) groups excluding carboxylic acids is 1. The molecule has 0 N–H and O–H groups in total. The summed E-state index contributed by atoms with van der Waals surface area (Å²) in [6, 6.07) is 14.9. The van der Waals surface area contributed by atoms with E-state index >= 15 is 0 Å². The molecule has 1 aliphatic heterocycles. The van der Waals surface area contributed by atoms with Crippen LogP contribution in [-0.2, 0) is 10.0 Å². The van der Waals surface area contributed by atoms with Crippen LogP contribution in [0, 0.1) is 10.1 Å². The Hall–Kier alpha value is -3.26. The molecule has 3 aromatic carbocycles. The molecule has 124 valence electrons. The highest BCUT2D eigenvalue weighted by Crippen LogP contribution is 2.41. The first-order valence-corrected chi connectivity index (χ1v) is 8.72. The number of nitro groups is 1. The van der Waals surface area contributed by atoms with Gasteiger partial charge in [-0.3, -0.25) is 14.9 Å². The molecule has 4 rings (SSSR count). The van der Waals surface area contributed by atoms with Crippen LogP contribution in [0.5, 0.6) is 0 Å². The molecule has 0 spiro atoms. The van der Waals surface area contributed by atoms with Gasteiger partial charge in [-0.15, -0.1) is 0 Å². The van der Waals surface area contributed by atoms with Crippen molar-refractivity contribution in [3.05, 3.63) is 76.3 Å². The number of hydrogen-bond acceptors (Lipinski definition) is 5. The van der Waals surface area contributed by atoms with Gasteiger partial charge >= 0.3 is 0 Å². The SMILES string of the molecule is O=C1c2cccc3cccc(c23)N1S(=O)(=O)c1ccccc1[N+](=O)[O-]. The molecule has 25 heavy (non-hydrogen) atoms. The molecule has 8 heteroatoms. The summed E-state index contributed by atoms with van der Waals surface area (Å²) < 4.78 is 26.8. The number of nitrogens with zero attached hydrogens (tertiary/aromatic N) is 2. The van der Waals surface area contributed by atoms with Crippen LogP contribution in [0.2, 0.25) is 0 Å². The van der Waals surface area contributed by atoms with Gasteiger partial charge in [0.1, 0.15) is 0 Å². The average molecular weight is 354 g/mol. The zero-order chi connectivity index (χ0) is 17.8. The first kappa shape index (κ1) is 15.3. The molecular formula is C17H10N2O5S. The second-order valence-corrected chi connectivity index (χ2v) is 7.24. The molecule has 1 aliphatic rings. The first-order valence-electron chi connectivity index (χ1n) is 7.28. The van der Waals surface area contributed by atoms with Gasteiger partial charge in [-0.25, -0.2) is 8.42 Å². The molecule has 7 nitrogen and oxygen atoms in total. The van der Waals surface area contributed by atoms with Gasteiger partial charge in [0, 0.05) is 11.5 Å². The van der Waals surface area contributed by atoms with E-state index in [4.69, 9.17) is 0 Å². The fourth-order valence-corrected chi connectivity index (χ4v) is 4.63. The summed E-state index contributed by atoms with van der Waals surface area (Å²) in [5.74, 6) is -0.718. The Morgan fingerprint density at radius 1 is 0.920 bits per heavy atom. The second kappa shape index (κ2) is 5.12. The fraction of sp³-hybridized carbons (Fsp3) is 0. The van der Waals surface area contributed by atoms with Crippen molar-refractivity contribution in [2.75, 3.05) is 4.31 Å². The summed E-state index contributed by atoms with van der Waals surface area (Å²) in [4.78, 5) is 22.7. The number of nitro benzene ring substituents is 1. The van der Waals surface area contributed by atoms with Crippen LogP contribution in [0.3, 0.4) is 0 Å². The van der Waals surface area contributed by atoms with Crippen molar-refractivity contribution >= 4 is 38.1 Å².